The van der Waals surface area contributed by atoms with Gasteiger partial charge in [0.25, 0.3) is 11.8 Å². The Labute approximate surface area is 275 Å². The Morgan fingerprint density at radius 2 is 0.958 bits per heavy atom. The summed E-state index contributed by atoms with van der Waals surface area (Å²) in [5.74, 6) is -8.20. The number of hydrogen-bond donors (Lipinski definition) is 6. The van der Waals surface area contributed by atoms with Crippen molar-refractivity contribution in [3.05, 3.63) is 70.8 Å². The maximum Gasteiger partial charge on any atom is 0.252 e. The van der Waals surface area contributed by atoms with Crippen molar-refractivity contribution >= 4 is 23.6 Å². The number of rotatable bonds is 17. The van der Waals surface area contributed by atoms with Gasteiger partial charge in [-0.25, -0.2) is 17.6 Å². The summed E-state index contributed by atoms with van der Waals surface area (Å²) in [6.45, 7) is 4.75. The Balaban J connectivity index is 2.53. The summed E-state index contributed by atoms with van der Waals surface area (Å²) in [4.78, 5) is 51.9. The lowest BCUT2D eigenvalue weighted by atomic mass is 9.98. The minimum absolute atomic E-state index is 0.376. The molecule has 0 fully saturated rings. The first-order valence-corrected chi connectivity index (χ1v) is 15.0. The van der Waals surface area contributed by atoms with Crippen molar-refractivity contribution < 1.29 is 56.4 Å². The molecule has 0 aliphatic rings. The maximum absolute atomic E-state index is 14.4. The van der Waals surface area contributed by atoms with E-state index in [1.54, 1.807) is 27.7 Å². The van der Waals surface area contributed by atoms with Crippen LogP contribution in [-0.2, 0) is 41.9 Å². The molecule has 0 unspecified atom stereocenters. The third-order valence-corrected chi connectivity index (χ3v) is 7.33. The summed E-state index contributed by atoms with van der Waals surface area (Å²) in [6.07, 6.45) is -9.08. The summed E-state index contributed by atoms with van der Waals surface area (Å²) in [5, 5.41) is 32.2. The zero-order valence-corrected chi connectivity index (χ0v) is 27.4. The molecule has 2 rings (SSSR count). The van der Waals surface area contributed by atoms with E-state index in [9.17, 15) is 47.0 Å². The van der Waals surface area contributed by atoms with Gasteiger partial charge in [0, 0.05) is 25.2 Å². The zero-order valence-electron chi connectivity index (χ0n) is 27.4. The number of aliphatic hydroxyl groups excluding tert-OH is 2. The smallest absolute Gasteiger partial charge is 0.252 e. The van der Waals surface area contributed by atoms with E-state index < -0.39 is 108 Å². The summed E-state index contributed by atoms with van der Waals surface area (Å²) in [5.41, 5.74) is -0.752. The highest BCUT2D eigenvalue weighted by molar-refractivity contribution is 5.91. The molecule has 0 saturated carbocycles. The molecule has 266 valence electrons. The second-order valence-corrected chi connectivity index (χ2v) is 11.6. The van der Waals surface area contributed by atoms with Crippen molar-refractivity contribution in [2.24, 2.45) is 11.8 Å². The molecule has 4 amide bonds. The number of halogens is 4. The molecule has 0 saturated heterocycles. The number of benzene rings is 2. The van der Waals surface area contributed by atoms with E-state index in [0.29, 0.717) is 0 Å². The van der Waals surface area contributed by atoms with Gasteiger partial charge in [-0.1, -0.05) is 27.7 Å². The van der Waals surface area contributed by atoms with E-state index in [1.807, 2.05) is 0 Å². The SMILES string of the molecule is CNC(=O)[C@@H](NC(=O)[C@H](OCc1cc(F)ccc1F)[C@H](O)[C@@H](O)[C@@H](OCc1cc(F)ccc1F)C(=O)N[C@H](C(=O)NC)C(C)C)C(C)C. The van der Waals surface area contributed by atoms with Crippen molar-refractivity contribution in [3.8, 4) is 0 Å². The number of ether oxygens (including phenoxy) is 2. The number of likely N-dealkylation sites (N-methyl/N-ethyl adjacent to an activating group) is 2. The van der Waals surface area contributed by atoms with Crippen LogP contribution in [0.15, 0.2) is 36.4 Å². The van der Waals surface area contributed by atoms with Crippen molar-refractivity contribution in [2.45, 2.75) is 77.4 Å². The van der Waals surface area contributed by atoms with Crippen LogP contribution >= 0.6 is 0 Å². The second-order valence-electron chi connectivity index (χ2n) is 11.6. The first-order valence-electron chi connectivity index (χ1n) is 15.0. The number of carbonyl (C=O) groups excluding carboxylic acids is 4. The summed E-state index contributed by atoms with van der Waals surface area (Å²) >= 11 is 0. The Morgan fingerprint density at radius 3 is 1.25 bits per heavy atom. The molecule has 0 aromatic heterocycles. The van der Waals surface area contributed by atoms with Crippen LogP contribution < -0.4 is 21.3 Å². The molecule has 0 spiro atoms. The Kier molecular flexibility index (Phi) is 15.4. The van der Waals surface area contributed by atoms with Crippen LogP contribution in [0.5, 0.6) is 0 Å². The van der Waals surface area contributed by atoms with E-state index in [-0.39, 0.29) is 11.1 Å². The van der Waals surface area contributed by atoms with Crippen LogP contribution in [0.2, 0.25) is 0 Å². The van der Waals surface area contributed by atoms with E-state index in [1.165, 1.54) is 14.1 Å². The minimum atomic E-state index is -2.38. The predicted octanol–water partition coefficient (Wildman–Crippen LogP) is 1.21. The van der Waals surface area contributed by atoms with E-state index in [2.05, 4.69) is 21.3 Å². The lowest BCUT2D eigenvalue weighted by Gasteiger charge is -2.32. The fourth-order valence-corrected chi connectivity index (χ4v) is 4.54. The normalized spacial score (nSPS) is 15.2. The molecule has 48 heavy (non-hydrogen) atoms. The quantitative estimate of drug-likeness (QED) is 0.135. The molecule has 2 aromatic rings. The van der Waals surface area contributed by atoms with E-state index >= 15 is 0 Å². The van der Waals surface area contributed by atoms with Gasteiger partial charge < -0.3 is 41.0 Å². The van der Waals surface area contributed by atoms with Gasteiger partial charge in [-0.05, 0) is 48.2 Å². The molecule has 0 radical (unpaired) electrons. The number of hydrogen-bond acceptors (Lipinski definition) is 8. The van der Waals surface area contributed by atoms with Crippen molar-refractivity contribution in [2.75, 3.05) is 14.1 Å². The molecule has 0 aliphatic heterocycles. The third kappa shape index (κ3) is 11.0. The summed E-state index contributed by atoms with van der Waals surface area (Å²) in [6, 6.07) is 2.44. The largest absolute Gasteiger partial charge is 0.387 e. The van der Waals surface area contributed by atoms with Crippen LogP contribution in [0, 0.1) is 35.1 Å². The van der Waals surface area contributed by atoms with Crippen LogP contribution in [0.25, 0.3) is 0 Å². The molecule has 16 heteroatoms. The maximum atomic E-state index is 14.4. The van der Waals surface area contributed by atoms with Gasteiger partial charge in [-0.15, -0.1) is 0 Å². The highest BCUT2D eigenvalue weighted by Crippen LogP contribution is 2.20. The number of carbonyl (C=O) groups is 4. The number of amides is 4. The summed E-state index contributed by atoms with van der Waals surface area (Å²) in [7, 11) is 2.63. The molecule has 0 aliphatic carbocycles. The van der Waals surface area contributed by atoms with Gasteiger partial charge >= 0.3 is 0 Å². The van der Waals surface area contributed by atoms with Gasteiger partial charge in [0.15, 0.2) is 12.2 Å². The van der Waals surface area contributed by atoms with Crippen molar-refractivity contribution in [1.82, 2.24) is 21.3 Å². The first kappa shape index (κ1) is 40.1. The first-order chi connectivity index (χ1) is 22.5. The van der Waals surface area contributed by atoms with E-state index in [4.69, 9.17) is 9.47 Å². The molecular formula is C32H42F4N4O8. The van der Waals surface area contributed by atoms with Gasteiger partial charge in [0.05, 0.1) is 13.2 Å². The Hall–Kier alpha value is -4.12. The molecule has 12 nitrogen and oxygen atoms in total. The lowest BCUT2D eigenvalue weighted by Crippen LogP contribution is -2.60. The van der Waals surface area contributed by atoms with Crippen LogP contribution in [0.1, 0.15) is 38.8 Å². The lowest BCUT2D eigenvalue weighted by molar-refractivity contribution is -0.171. The Morgan fingerprint density at radius 1 is 0.625 bits per heavy atom. The fourth-order valence-electron chi connectivity index (χ4n) is 4.54. The van der Waals surface area contributed by atoms with Crippen molar-refractivity contribution in [3.63, 3.8) is 0 Å². The van der Waals surface area contributed by atoms with Crippen LogP contribution in [0.4, 0.5) is 17.6 Å². The molecule has 2 aromatic carbocycles. The third-order valence-electron chi connectivity index (χ3n) is 7.33. The van der Waals surface area contributed by atoms with Gasteiger partial charge in [0.1, 0.15) is 47.6 Å². The van der Waals surface area contributed by atoms with E-state index in [0.717, 1.165) is 36.4 Å². The van der Waals surface area contributed by atoms with Crippen molar-refractivity contribution in [1.29, 1.82) is 0 Å². The molecule has 6 N–H and O–H groups in total. The molecular weight excluding hydrogens is 644 g/mol. The van der Waals surface area contributed by atoms with Crippen LogP contribution in [0.3, 0.4) is 0 Å². The Bertz CT molecular complexity index is 1320. The molecule has 0 heterocycles. The van der Waals surface area contributed by atoms with Gasteiger partial charge in [-0.2, -0.15) is 0 Å². The highest BCUT2D eigenvalue weighted by Gasteiger charge is 2.43. The van der Waals surface area contributed by atoms with Crippen LogP contribution in [-0.4, -0.2) is 84.4 Å². The molecule has 6 atom stereocenters. The van der Waals surface area contributed by atoms with Gasteiger partial charge in [0.2, 0.25) is 11.8 Å². The van der Waals surface area contributed by atoms with Gasteiger partial charge in [-0.3, -0.25) is 19.2 Å². The average molecular weight is 687 g/mol. The molecule has 0 bridgehead atoms. The standard InChI is InChI=1S/C32H42F4N4O8/c1-15(2)23(29(43)37-5)39-31(45)27(47-13-17-11-19(33)7-9-21(17)35)25(41)26(42)28(32(46)40-24(16(3)4)30(44)38-6)48-14-18-12-20(34)8-10-22(18)36/h7-12,15-16,23-28,41-42H,13-14H2,1-6H3,(H,37,43)(H,38,44)(H,39,45)(H,40,46)/t23-,24-,25+,26+,27+,28+/m0/s1. The predicted molar refractivity (Wildman–Crippen MR) is 164 cm³/mol. The fraction of sp³-hybridized carbons (Fsp3) is 0.500. The number of aliphatic hydroxyl groups is 2. The monoisotopic (exact) mass is 686 g/mol. The topological polar surface area (TPSA) is 175 Å². The average Bonchev–Trinajstić information content (AvgIpc) is 3.04. The minimum Gasteiger partial charge on any atom is -0.387 e. The zero-order chi connectivity index (χ0) is 36.3. The number of nitrogens with one attached hydrogen (secondary N) is 4. The second kappa shape index (κ2) is 18.4. The highest BCUT2D eigenvalue weighted by atomic mass is 19.1. The summed E-state index contributed by atoms with van der Waals surface area (Å²) < 4.78 is 67.5.